The summed E-state index contributed by atoms with van der Waals surface area (Å²) in [4.78, 5) is 23.8. The number of benzene rings is 1. The van der Waals surface area contributed by atoms with Crippen molar-refractivity contribution in [2.24, 2.45) is 0 Å². The van der Waals surface area contributed by atoms with Gasteiger partial charge >= 0.3 is 6.09 Å². The number of nitrogens with zero attached hydrogens (tertiary/aromatic N) is 3. The van der Waals surface area contributed by atoms with Crippen molar-refractivity contribution in [2.45, 2.75) is 12.1 Å². The molecule has 0 spiro atoms. The number of rotatable bonds is 2. The van der Waals surface area contributed by atoms with E-state index in [9.17, 15) is 13.6 Å². The molecule has 3 aromatic rings. The van der Waals surface area contributed by atoms with Gasteiger partial charge in [0.15, 0.2) is 6.10 Å². The summed E-state index contributed by atoms with van der Waals surface area (Å²) in [5.74, 6) is 4.51. The van der Waals surface area contributed by atoms with Crippen LogP contribution in [0.15, 0.2) is 55.2 Å². The molecule has 3 heterocycles. The van der Waals surface area contributed by atoms with Crippen LogP contribution < -0.4 is 5.32 Å². The van der Waals surface area contributed by atoms with E-state index in [4.69, 9.17) is 4.74 Å². The number of hydrogen-bond acceptors (Lipinski definition) is 5. The number of pyridine rings is 1. The van der Waals surface area contributed by atoms with Gasteiger partial charge in [0.2, 0.25) is 0 Å². The summed E-state index contributed by atoms with van der Waals surface area (Å²) in [7, 11) is 0. The summed E-state index contributed by atoms with van der Waals surface area (Å²) in [5, 5.41) is 2.61. The predicted octanol–water partition coefficient (Wildman–Crippen LogP) is 3.07. The number of carbonyl (C=O) groups excluding carboxylic acids is 1. The molecule has 6 nitrogen and oxygen atoms in total. The molecule has 1 saturated heterocycles. The molecule has 0 aliphatic carbocycles. The summed E-state index contributed by atoms with van der Waals surface area (Å²) in [5.41, 5.74) is 1.60. The van der Waals surface area contributed by atoms with Crippen LogP contribution in [0.4, 0.5) is 13.6 Å². The topological polar surface area (TPSA) is 77.0 Å². The largest absolute Gasteiger partial charge is 0.439 e. The number of hydrogen-bond donors (Lipinski definition) is 1. The minimum absolute atomic E-state index is 0.0548. The van der Waals surface area contributed by atoms with Gasteiger partial charge in [0.1, 0.15) is 29.7 Å². The van der Waals surface area contributed by atoms with Gasteiger partial charge in [0.25, 0.3) is 0 Å². The molecule has 0 unspecified atom stereocenters. The number of carbonyl (C=O) groups is 1. The lowest BCUT2D eigenvalue weighted by Gasteiger charge is -2.18. The maximum Gasteiger partial charge on any atom is 0.408 e. The third-order valence-electron chi connectivity index (χ3n) is 4.11. The van der Waals surface area contributed by atoms with Crippen molar-refractivity contribution in [3.05, 3.63) is 89.3 Å². The van der Waals surface area contributed by atoms with E-state index in [-0.39, 0.29) is 5.56 Å². The Morgan fingerprint density at radius 1 is 1.07 bits per heavy atom. The van der Waals surface area contributed by atoms with Crippen molar-refractivity contribution < 1.29 is 18.3 Å². The van der Waals surface area contributed by atoms with Gasteiger partial charge in [-0.25, -0.2) is 23.5 Å². The lowest BCUT2D eigenvalue weighted by Crippen LogP contribution is -2.20. The highest BCUT2D eigenvalue weighted by Crippen LogP contribution is 2.37. The van der Waals surface area contributed by atoms with Crippen molar-refractivity contribution in [3.8, 4) is 11.8 Å². The summed E-state index contributed by atoms with van der Waals surface area (Å²) in [6.07, 6.45) is 4.27. The maximum atomic E-state index is 14.2. The van der Waals surface area contributed by atoms with Crippen LogP contribution in [0.5, 0.6) is 0 Å². The molecule has 8 heteroatoms. The molecule has 0 saturated carbocycles. The van der Waals surface area contributed by atoms with Crippen LogP contribution >= 0.6 is 0 Å². The Bertz CT molecular complexity index is 1100. The van der Waals surface area contributed by atoms with Crippen molar-refractivity contribution in [1.29, 1.82) is 0 Å². The van der Waals surface area contributed by atoms with Gasteiger partial charge in [-0.2, -0.15) is 0 Å². The molecule has 1 amide bonds. The SMILES string of the molecule is O=C1N[C@H](c2cncc(C#Cc3ccncn3)c2)[C@@H](c2cc(F)ccc2F)O1. The number of cyclic esters (lactones) is 1. The molecular formula is C20H12F2N4O2. The number of ether oxygens (including phenoxy) is 1. The summed E-state index contributed by atoms with van der Waals surface area (Å²) in [6, 6.07) is 5.64. The second-order valence-electron chi connectivity index (χ2n) is 5.97. The Hall–Kier alpha value is -3.86. The first kappa shape index (κ1) is 17.5. The number of nitrogens with one attached hydrogen (secondary N) is 1. The summed E-state index contributed by atoms with van der Waals surface area (Å²) >= 11 is 0. The molecule has 0 bridgehead atoms. The van der Waals surface area contributed by atoms with Crippen LogP contribution in [0.1, 0.15) is 34.5 Å². The van der Waals surface area contributed by atoms with Gasteiger partial charge in [-0.15, -0.1) is 0 Å². The third kappa shape index (κ3) is 3.64. The third-order valence-corrected chi connectivity index (χ3v) is 4.11. The number of halogens is 2. The van der Waals surface area contributed by atoms with E-state index >= 15 is 0 Å². The van der Waals surface area contributed by atoms with Gasteiger partial charge < -0.3 is 10.1 Å². The number of alkyl carbamates (subject to hydrolysis) is 1. The lowest BCUT2D eigenvalue weighted by molar-refractivity contribution is 0.130. The van der Waals surface area contributed by atoms with Crippen LogP contribution in [-0.2, 0) is 4.74 Å². The van der Waals surface area contributed by atoms with Crippen molar-refractivity contribution in [2.75, 3.05) is 0 Å². The fourth-order valence-corrected chi connectivity index (χ4v) is 2.85. The van der Waals surface area contributed by atoms with Crippen LogP contribution in [0.25, 0.3) is 0 Å². The first-order chi connectivity index (χ1) is 13.6. The first-order valence-corrected chi connectivity index (χ1v) is 8.25. The molecule has 2 atom stereocenters. The molecule has 1 fully saturated rings. The Labute approximate surface area is 158 Å². The molecule has 1 N–H and O–H groups in total. The Morgan fingerprint density at radius 3 is 2.79 bits per heavy atom. The van der Waals surface area contributed by atoms with E-state index < -0.39 is 29.9 Å². The van der Waals surface area contributed by atoms with E-state index in [0.29, 0.717) is 16.8 Å². The Morgan fingerprint density at radius 2 is 1.96 bits per heavy atom. The van der Waals surface area contributed by atoms with Crippen LogP contribution in [0.3, 0.4) is 0 Å². The smallest absolute Gasteiger partial charge is 0.408 e. The highest BCUT2D eigenvalue weighted by atomic mass is 19.1. The number of aromatic nitrogens is 3. The van der Waals surface area contributed by atoms with E-state index in [0.717, 1.165) is 18.2 Å². The van der Waals surface area contributed by atoms with Crippen molar-refractivity contribution in [3.63, 3.8) is 0 Å². The molecule has 1 aliphatic rings. The van der Waals surface area contributed by atoms with Gasteiger partial charge in [-0.1, -0.05) is 5.92 Å². The van der Waals surface area contributed by atoms with Crippen LogP contribution in [0, 0.1) is 23.5 Å². The normalized spacial score (nSPS) is 18.0. The zero-order valence-electron chi connectivity index (χ0n) is 14.3. The number of amides is 1. The Balaban J connectivity index is 1.67. The highest BCUT2D eigenvalue weighted by molar-refractivity contribution is 5.71. The fraction of sp³-hybridized carbons (Fsp3) is 0.100. The fourth-order valence-electron chi connectivity index (χ4n) is 2.85. The van der Waals surface area contributed by atoms with E-state index in [2.05, 4.69) is 32.1 Å². The molecule has 138 valence electrons. The van der Waals surface area contributed by atoms with Crippen LogP contribution in [-0.4, -0.2) is 21.0 Å². The zero-order valence-corrected chi connectivity index (χ0v) is 14.3. The Kier molecular flexibility index (Phi) is 4.64. The van der Waals surface area contributed by atoms with Crippen LogP contribution in [0.2, 0.25) is 0 Å². The van der Waals surface area contributed by atoms with E-state index in [1.54, 1.807) is 24.5 Å². The molecule has 28 heavy (non-hydrogen) atoms. The van der Waals surface area contributed by atoms with Crippen molar-refractivity contribution in [1.82, 2.24) is 20.3 Å². The predicted molar refractivity (Wildman–Crippen MR) is 93.7 cm³/mol. The second kappa shape index (κ2) is 7.40. The average molecular weight is 378 g/mol. The quantitative estimate of drug-likeness (QED) is 0.694. The minimum atomic E-state index is -1.03. The van der Waals surface area contributed by atoms with Crippen molar-refractivity contribution >= 4 is 6.09 Å². The molecule has 1 aromatic carbocycles. The first-order valence-electron chi connectivity index (χ1n) is 8.25. The summed E-state index contributed by atoms with van der Waals surface area (Å²) in [6.45, 7) is 0. The van der Waals surface area contributed by atoms with Gasteiger partial charge in [0, 0.05) is 29.7 Å². The monoisotopic (exact) mass is 378 g/mol. The maximum absolute atomic E-state index is 14.2. The molecular weight excluding hydrogens is 366 g/mol. The molecule has 0 radical (unpaired) electrons. The summed E-state index contributed by atoms with van der Waals surface area (Å²) < 4.78 is 33.0. The van der Waals surface area contributed by atoms with Gasteiger partial charge in [-0.05, 0) is 41.8 Å². The van der Waals surface area contributed by atoms with E-state index in [1.807, 2.05) is 0 Å². The highest BCUT2D eigenvalue weighted by Gasteiger charge is 2.38. The molecule has 2 aromatic heterocycles. The van der Waals surface area contributed by atoms with E-state index in [1.165, 1.54) is 12.5 Å². The average Bonchev–Trinajstić information content (AvgIpc) is 3.11. The zero-order chi connectivity index (χ0) is 19.5. The standard InChI is InChI=1S/C20H12F2N4O2/c21-14-2-4-17(22)16(8-14)19-18(26-20(27)28-19)13-7-12(9-24-10-13)1-3-15-5-6-23-11-25-15/h2,4-11,18-19H,(H,26,27)/t18-,19-/m1/s1. The molecule has 4 rings (SSSR count). The molecule has 1 aliphatic heterocycles. The lowest BCUT2D eigenvalue weighted by atomic mass is 9.96. The van der Waals surface area contributed by atoms with Gasteiger partial charge in [-0.3, -0.25) is 4.98 Å². The minimum Gasteiger partial charge on any atom is -0.439 e. The second-order valence-corrected chi connectivity index (χ2v) is 5.97. The van der Waals surface area contributed by atoms with Gasteiger partial charge in [0.05, 0.1) is 0 Å².